The van der Waals surface area contributed by atoms with E-state index in [4.69, 9.17) is 27.6 Å². The van der Waals surface area contributed by atoms with Crippen LogP contribution < -0.4 is 16.6 Å². The molecule has 0 atom stereocenters. The van der Waals surface area contributed by atoms with Crippen LogP contribution >= 0.6 is 23.2 Å². The molecule has 0 aliphatic rings. The van der Waals surface area contributed by atoms with Crippen LogP contribution in [-0.2, 0) is 6.54 Å². The lowest BCUT2D eigenvalue weighted by atomic mass is 10.2. The number of nitrogens with zero attached hydrogens (tertiary/aromatic N) is 1. The summed E-state index contributed by atoms with van der Waals surface area (Å²) in [5, 5.41) is 2.91. The zero-order chi connectivity index (χ0) is 18.0. The van der Waals surface area contributed by atoms with E-state index in [1.54, 1.807) is 30.3 Å². The van der Waals surface area contributed by atoms with Gasteiger partial charge in [0.15, 0.2) is 0 Å². The Morgan fingerprint density at radius 3 is 2.72 bits per heavy atom. The molecule has 0 spiro atoms. The standard InChI is InChI=1S/C16H11Cl2N3O4/c17-11-4-1-5-12(13(11)18)20-14(22)10-7-19-16(24)21(15(10)23)8-9-3-2-6-25-9/h1-7H,8H2,(H,19,24)(H,20,22). The highest BCUT2D eigenvalue weighted by molar-refractivity contribution is 6.44. The van der Waals surface area contributed by atoms with Crippen LogP contribution in [0.25, 0.3) is 0 Å². The molecule has 2 aromatic heterocycles. The number of hydrogen-bond acceptors (Lipinski definition) is 4. The van der Waals surface area contributed by atoms with E-state index in [0.717, 1.165) is 10.8 Å². The van der Waals surface area contributed by atoms with E-state index in [1.807, 2.05) is 0 Å². The average Bonchev–Trinajstić information content (AvgIpc) is 3.09. The molecule has 128 valence electrons. The number of hydrogen-bond donors (Lipinski definition) is 2. The highest BCUT2D eigenvalue weighted by Gasteiger charge is 2.17. The number of amides is 1. The lowest BCUT2D eigenvalue weighted by molar-refractivity contribution is 0.102. The van der Waals surface area contributed by atoms with Gasteiger partial charge in [-0.05, 0) is 24.3 Å². The van der Waals surface area contributed by atoms with E-state index in [0.29, 0.717) is 5.76 Å². The van der Waals surface area contributed by atoms with E-state index < -0.39 is 17.2 Å². The maximum Gasteiger partial charge on any atom is 0.328 e. The Morgan fingerprint density at radius 2 is 2.00 bits per heavy atom. The maximum absolute atomic E-state index is 12.5. The number of rotatable bonds is 4. The summed E-state index contributed by atoms with van der Waals surface area (Å²) >= 11 is 11.9. The summed E-state index contributed by atoms with van der Waals surface area (Å²) in [6.45, 7) is -0.0970. The molecule has 25 heavy (non-hydrogen) atoms. The lowest BCUT2D eigenvalue weighted by Gasteiger charge is -2.09. The number of aromatic nitrogens is 2. The largest absolute Gasteiger partial charge is 0.467 e. The van der Waals surface area contributed by atoms with Gasteiger partial charge in [0.25, 0.3) is 11.5 Å². The topological polar surface area (TPSA) is 97.1 Å². The first-order valence-electron chi connectivity index (χ1n) is 7.07. The van der Waals surface area contributed by atoms with Crippen LogP contribution in [0, 0.1) is 0 Å². The van der Waals surface area contributed by atoms with E-state index in [-0.39, 0.29) is 27.8 Å². The van der Waals surface area contributed by atoms with Crippen molar-refractivity contribution < 1.29 is 9.21 Å². The molecule has 3 rings (SSSR count). The molecule has 1 amide bonds. The summed E-state index contributed by atoms with van der Waals surface area (Å²) in [4.78, 5) is 39.1. The number of nitrogens with one attached hydrogen (secondary N) is 2. The molecular formula is C16H11Cl2N3O4. The van der Waals surface area contributed by atoms with Crippen molar-refractivity contribution in [3.05, 3.63) is 85.0 Å². The number of H-pyrrole nitrogens is 1. The molecule has 2 N–H and O–H groups in total. The molecule has 0 bridgehead atoms. The molecule has 3 aromatic rings. The van der Waals surface area contributed by atoms with Gasteiger partial charge >= 0.3 is 5.69 Å². The number of halogens is 2. The third kappa shape index (κ3) is 3.52. The smallest absolute Gasteiger partial charge is 0.328 e. The van der Waals surface area contributed by atoms with Gasteiger partial charge in [-0.3, -0.25) is 14.2 Å². The third-order valence-electron chi connectivity index (χ3n) is 3.40. The predicted octanol–water partition coefficient (Wildman–Crippen LogP) is 2.74. The van der Waals surface area contributed by atoms with Gasteiger partial charge < -0.3 is 14.7 Å². The molecule has 0 unspecified atom stereocenters. The summed E-state index contributed by atoms with van der Waals surface area (Å²) in [6.07, 6.45) is 2.48. The second-order valence-corrected chi connectivity index (χ2v) is 5.82. The van der Waals surface area contributed by atoms with Crippen LogP contribution in [0.1, 0.15) is 16.1 Å². The molecule has 0 radical (unpaired) electrons. The lowest BCUT2D eigenvalue weighted by Crippen LogP contribution is -2.39. The summed E-state index contributed by atoms with van der Waals surface area (Å²) in [6, 6.07) is 7.96. The van der Waals surface area contributed by atoms with Gasteiger partial charge in [-0.2, -0.15) is 0 Å². The zero-order valence-electron chi connectivity index (χ0n) is 12.6. The van der Waals surface area contributed by atoms with Crippen LogP contribution in [0.5, 0.6) is 0 Å². The summed E-state index contributed by atoms with van der Waals surface area (Å²) < 4.78 is 6.00. The van der Waals surface area contributed by atoms with E-state index >= 15 is 0 Å². The van der Waals surface area contributed by atoms with Gasteiger partial charge in [-0.1, -0.05) is 29.3 Å². The minimum atomic E-state index is -0.754. The Kier molecular flexibility index (Phi) is 4.78. The van der Waals surface area contributed by atoms with Gasteiger partial charge in [-0.15, -0.1) is 0 Å². The fourth-order valence-electron chi connectivity index (χ4n) is 2.17. The number of benzene rings is 1. The number of anilines is 1. The fraction of sp³-hybridized carbons (Fsp3) is 0.0625. The maximum atomic E-state index is 12.5. The fourth-order valence-corrected chi connectivity index (χ4v) is 2.51. The Hall–Kier alpha value is -2.77. The van der Waals surface area contributed by atoms with Gasteiger partial charge in [0.05, 0.1) is 28.5 Å². The van der Waals surface area contributed by atoms with Crippen molar-refractivity contribution in [3.8, 4) is 0 Å². The van der Waals surface area contributed by atoms with Gasteiger partial charge in [0, 0.05) is 6.20 Å². The van der Waals surface area contributed by atoms with Gasteiger partial charge in [-0.25, -0.2) is 4.79 Å². The molecule has 0 saturated carbocycles. The highest BCUT2D eigenvalue weighted by atomic mass is 35.5. The van der Waals surface area contributed by atoms with Gasteiger partial charge in [0.1, 0.15) is 11.3 Å². The first-order chi connectivity index (χ1) is 12.0. The van der Waals surface area contributed by atoms with Crippen molar-refractivity contribution in [3.63, 3.8) is 0 Å². The second-order valence-electron chi connectivity index (χ2n) is 5.03. The van der Waals surface area contributed by atoms with Crippen molar-refractivity contribution in [1.82, 2.24) is 9.55 Å². The zero-order valence-corrected chi connectivity index (χ0v) is 14.1. The number of carbonyl (C=O) groups is 1. The Bertz CT molecular complexity index is 1040. The van der Waals surface area contributed by atoms with Crippen LogP contribution in [0.2, 0.25) is 10.0 Å². The normalized spacial score (nSPS) is 10.6. The highest BCUT2D eigenvalue weighted by Crippen LogP contribution is 2.29. The van der Waals surface area contributed by atoms with E-state index in [2.05, 4.69) is 10.3 Å². The number of furan rings is 1. The van der Waals surface area contributed by atoms with Crippen molar-refractivity contribution in [2.75, 3.05) is 5.32 Å². The van der Waals surface area contributed by atoms with Crippen molar-refractivity contribution in [1.29, 1.82) is 0 Å². The summed E-state index contributed by atoms with van der Waals surface area (Å²) in [5.74, 6) is -0.318. The van der Waals surface area contributed by atoms with Crippen molar-refractivity contribution >= 4 is 34.8 Å². The van der Waals surface area contributed by atoms with E-state index in [1.165, 1.54) is 6.26 Å². The molecule has 1 aromatic carbocycles. The van der Waals surface area contributed by atoms with Crippen molar-refractivity contribution in [2.45, 2.75) is 6.54 Å². The SMILES string of the molecule is O=C(Nc1cccc(Cl)c1Cl)c1c[nH]c(=O)n(Cc2ccco2)c1=O. The molecule has 0 aliphatic carbocycles. The monoisotopic (exact) mass is 379 g/mol. The minimum absolute atomic E-state index is 0.0970. The molecule has 0 saturated heterocycles. The van der Waals surface area contributed by atoms with Crippen LogP contribution in [0.4, 0.5) is 5.69 Å². The summed E-state index contributed by atoms with van der Waals surface area (Å²) in [7, 11) is 0. The molecule has 9 heteroatoms. The summed E-state index contributed by atoms with van der Waals surface area (Å²) in [5.41, 5.74) is -1.40. The van der Waals surface area contributed by atoms with Crippen LogP contribution in [-0.4, -0.2) is 15.5 Å². The van der Waals surface area contributed by atoms with Gasteiger partial charge in [0.2, 0.25) is 0 Å². The molecule has 0 fully saturated rings. The van der Waals surface area contributed by atoms with E-state index in [9.17, 15) is 14.4 Å². The Balaban J connectivity index is 1.94. The Labute approximate surface area is 150 Å². The second kappa shape index (κ2) is 7.00. The number of carbonyl (C=O) groups excluding carboxylic acids is 1. The predicted molar refractivity (Wildman–Crippen MR) is 93.5 cm³/mol. The first kappa shape index (κ1) is 17.1. The quantitative estimate of drug-likeness (QED) is 0.727. The molecular weight excluding hydrogens is 369 g/mol. The molecule has 7 nitrogen and oxygen atoms in total. The first-order valence-corrected chi connectivity index (χ1v) is 7.83. The third-order valence-corrected chi connectivity index (χ3v) is 4.22. The van der Waals surface area contributed by atoms with Crippen molar-refractivity contribution in [2.24, 2.45) is 0 Å². The molecule has 2 heterocycles. The Morgan fingerprint density at radius 1 is 1.20 bits per heavy atom. The average molecular weight is 380 g/mol. The van der Waals surface area contributed by atoms with Crippen LogP contribution in [0.3, 0.4) is 0 Å². The van der Waals surface area contributed by atoms with Crippen LogP contribution in [0.15, 0.2) is 56.8 Å². The molecule has 0 aliphatic heterocycles. The minimum Gasteiger partial charge on any atom is -0.467 e. The number of aromatic amines is 1.